The van der Waals surface area contributed by atoms with Crippen LogP contribution in [-0.4, -0.2) is 73.1 Å². The van der Waals surface area contributed by atoms with Crippen molar-refractivity contribution in [2.75, 3.05) is 46.5 Å². The summed E-state index contributed by atoms with van der Waals surface area (Å²) in [5.41, 5.74) is 2.31. The second kappa shape index (κ2) is 10.3. The molecule has 38 heavy (non-hydrogen) atoms. The van der Waals surface area contributed by atoms with Gasteiger partial charge in [-0.25, -0.2) is 0 Å². The van der Waals surface area contributed by atoms with E-state index in [2.05, 4.69) is 25.7 Å². The van der Waals surface area contributed by atoms with Gasteiger partial charge in [0.25, 0.3) is 5.91 Å². The van der Waals surface area contributed by atoms with Crippen molar-refractivity contribution in [1.82, 2.24) is 9.80 Å². The summed E-state index contributed by atoms with van der Waals surface area (Å²) in [5, 5.41) is 11.8. The first-order chi connectivity index (χ1) is 18.2. The Morgan fingerprint density at radius 3 is 2.45 bits per heavy atom. The fourth-order valence-corrected chi connectivity index (χ4v) is 5.14. The van der Waals surface area contributed by atoms with E-state index in [1.54, 1.807) is 17.0 Å². The van der Waals surface area contributed by atoms with Gasteiger partial charge in [-0.1, -0.05) is 57.2 Å². The van der Waals surface area contributed by atoms with Crippen LogP contribution in [-0.2, 0) is 14.9 Å². The maximum atomic E-state index is 13.9. The van der Waals surface area contributed by atoms with E-state index < -0.39 is 23.5 Å². The fourth-order valence-electron chi connectivity index (χ4n) is 5.14. The minimum atomic E-state index is -0.736. The monoisotopic (exact) mass is 518 g/mol. The number of carbonyl (C=O) groups excluding carboxylic acids is 2. The van der Waals surface area contributed by atoms with E-state index in [1.807, 2.05) is 36.4 Å². The van der Waals surface area contributed by atoms with Gasteiger partial charge in [-0.05, 0) is 28.7 Å². The molecule has 200 valence electrons. The van der Waals surface area contributed by atoms with Crippen LogP contribution in [0.4, 0.5) is 0 Å². The number of methoxy groups -OCH3 is 1. The molecule has 3 heterocycles. The number of rotatable bonds is 7. The highest BCUT2D eigenvalue weighted by Crippen LogP contribution is 2.40. The number of nitrogens with zero attached hydrogens (tertiary/aromatic N) is 2. The third-order valence-electron chi connectivity index (χ3n) is 7.35. The molecule has 0 bridgehead atoms. The number of ether oxygens (including phenoxy) is 2. The summed E-state index contributed by atoms with van der Waals surface area (Å²) < 4.78 is 16.7. The second-order valence-corrected chi connectivity index (χ2v) is 10.8. The number of amides is 1. The van der Waals surface area contributed by atoms with Gasteiger partial charge in [-0.15, -0.1) is 0 Å². The highest BCUT2D eigenvalue weighted by atomic mass is 16.5. The molecule has 1 N–H and O–H groups in total. The summed E-state index contributed by atoms with van der Waals surface area (Å²) >= 11 is 0. The van der Waals surface area contributed by atoms with Crippen LogP contribution in [0.15, 0.2) is 64.3 Å². The Morgan fingerprint density at radius 2 is 1.79 bits per heavy atom. The molecule has 8 nitrogen and oxygen atoms in total. The number of ketones is 1. The summed E-state index contributed by atoms with van der Waals surface area (Å²) in [5.74, 6) is -1.06. The molecule has 1 amide bonds. The van der Waals surface area contributed by atoms with Crippen LogP contribution in [0.25, 0.3) is 11.0 Å². The van der Waals surface area contributed by atoms with Crippen molar-refractivity contribution in [2.24, 2.45) is 0 Å². The first-order valence-corrected chi connectivity index (χ1v) is 12.9. The van der Waals surface area contributed by atoms with Crippen LogP contribution >= 0.6 is 0 Å². The topological polar surface area (TPSA) is 92.5 Å². The predicted octanol–water partition coefficient (Wildman–Crippen LogP) is 4.65. The molecule has 1 aromatic heterocycles. The number of fused-ring (bicyclic) bond motifs is 1. The number of aliphatic hydroxyl groups is 1. The molecular formula is C30H34N2O6. The molecule has 2 aliphatic heterocycles. The van der Waals surface area contributed by atoms with Crippen molar-refractivity contribution in [3.05, 3.63) is 76.8 Å². The molecule has 1 atom stereocenters. The smallest absolute Gasteiger partial charge is 0.290 e. The van der Waals surface area contributed by atoms with Gasteiger partial charge in [0.15, 0.2) is 22.9 Å². The van der Waals surface area contributed by atoms with Crippen molar-refractivity contribution in [1.29, 1.82) is 0 Å². The highest BCUT2D eigenvalue weighted by Gasteiger charge is 2.44. The summed E-state index contributed by atoms with van der Waals surface area (Å²) in [7, 11) is 1.53. The lowest BCUT2D eigenvalue weighted by molar-refractivity contribution is -0.129. The summed E-state index contributed by atoms with van der Waals surface area (Å²) in [4.78, 5) is 31.1. The minimum Gasteiger partial charge on any atom is -0.503 e. The summed E-state index contributed by atoms with van der Waals surface area (Å²) in [6.45, 7) is 10.2. The minimum absolute atomic E-state index is 0.0264. The zero-order valence-electron chi connectivity index (χ0n) is 22.3. The van der Waals surface area contributed by atoms with Gasteiger partial charge in [0, 0.05) is 31.6 Å². The van der Waals surface area contributed by atoms with E-state index >= 15 is 0 Å². The molecule has 0 aliphatic carbocycles. The third-order valence-corrected chi connectivity index (χ3v) is 7.35. The molecule has 0 unspecified atom stereocenters. The lowest BCUT2D eigenvalue weighted by Gasteiger charge is -2.32. The molecule has 0 radical (unpaired) electrons. The number of para-hydroxylation sites is 1. The fraction of sp³-hybridized carbons (Fsp3) is 0.400. The number of carbonyl (C=O) groups is 2. The zero-order chi connectivity index (χ0) is 27.0. The Morgan fingerprint density at radius 1 is 1.08 bits per heavy atom. The van der Waals surface area contributed by atoms with Crippen molar-refractivity contribution in [2.45, 2.75) is 32.2 Å². The number of furan rings is 1. The Hall–Kier alpha value is -3.62. The molecule has 1 fully saturated rings. The molecule has 0 saturated carbocycles. The standard InChI is InChI=1S/C30H34N2O6/c1-30(2,3)21-10-8-19(9-11-21)25-24(26(33)23-18-20-6-5-7-22(36-4)28(20)38-23)27(34)29(35)32(25)13-12-31-14-16-37-17-15-31/h5-11,18,25,34H,12-17H2,1-4H3/t25-/m1/s1. The van der Waals surface area contributed by atoms with Crippen LogP contribution in [0.5, 0.6) is 5.75 Å². The summed E-state index contributed by atoms with van der Waals surface area (Å²) in [6.07, 6.45) is 0. The number of hydrogen-bond acceptors (Lipinski definition) is 7. The Kier molecular flexibility index (Phi) is 7.03. The number of aliphatic hydroxyl groups excluding tert-OH is 1. The molecule has 3 aromatic rings. The third kappa shape index (κ3) is 4.81. The van der Waals surface area contributed by atoms with Crippen molar-refractivity contribution in [3.63, 3.8) is 0 Å². The quantitative estimate of drug-likeness (QED) is 0.455. The van der Waals surface area contributed by atoms with Gasteiger partial charge in [-0.2, -0.15) is 0 Å². The van der Waals surface area contributed by atoms with Gasteiger partial charge in [0.05, 0.1) is 31.9 Å². The maximum absolute atomic E-state index is 13.9. The van der Waals surface area contributed by atoms with E-state index in [9.17, 15) is 14.7 Å². The van der Waals surface area contributed by atoms with Gasteiger partial charge >= 0.3 is 0 Å². The number of benzene rings is 2. The zero-order valence-corrected chi connectivity index (χ0v) is 22.3. The average Bonchev–Trinajstić information content (AvgIpc) is 3.46. The first kappa shape index (κ1) is 26.0. The lowest BCUT2D eigenvalue weighted by Crippen LogP contribution is -2.43. The number of morpholine rings is 1. The van der Waals surface area contributed by atoms with Crippen LogP contribution < -0.4 is 4.74 Å². The molecule has 5 rings (SSSR count). The maximum Gasteiger partial charge on any atom is 0.290 e. The lowest BCUT2D eigenvalue weighted by atomic mass is 9.85. The molecular weight excluding hydrogens is 484 g/mol. The van der Waals surface area contributed by atoms with Crippen molar-refractivity contribution < 1.29 is 28.6 Å². The van der Waals surface area contributed by atoms with E-state index in [4.69, 9.17) is 13.9 Å². The second-order valence-electron chi connectivity index (χ2n) is 10.8. The van der Waals surface area contributed by atoms with Crippen LogP contribution in [0, 0.1) is 0 Å². The van der Waals surface area contributed by atoms with E-state index in [-0.39, 0.29) is 16.7 Å². The van der Waals surface area contributed by atoms with E-state index in [0.29, 0.717) is 43.0 Å². The van der Waals surface area contributed by atoms with Gasteiger partial charge in [0.2, 0.25) is 5.78 Å². The SMILES string of the molecule is COc1cccc2cc(C(=O)C3=C(O)C(=O)N(CCN4CCOCC4)[C@@H]3c3ccc(C(C)(C)C)cc3)oc12. The highest BCUT2D eigenvalue weighted by molar-refractivity contribution is 6.16. The van der Waals surface area contributed by atoms with Gasteiger partial charge in [-0.3, -0.25) is 14.5 Å². The number of Topliss-reactive ketones (excluding diaryl/α,β-unsaturated/α-hetero) is 1. The van der Waals surface area contributed by atoms with Gasteiger partial charge in [0.1, 0.15) is 0 Å². The van der Waals surface area contributed by atoms with Crippen molar-refractivity contribution in [3.8, 4) is 5.75 Å². The first-order valence-electron chi connectivity index (χ1n) is 12.9. The van der Waals surface area contributed by atoms with Crippen LogP contribution in [0.2, 0.25) is 0 Å². The molecule has 1 saturated heterocycles. The Balaban J connectivity index is 1.53. The van der Waals surface area contributed by atoms with Crippen LogP contribution in [0.3, 0.4) is 0 Å². The van der Waals surface area contributed by atoms with E-state index in [0.717, 1.165) is 24.2 Å². The number of hydrogen-bond donors (Lipinski definition) is 1. The largest absolute Gasteiger partial charge is 0.503 e. The Bertz CT molecular complexity index is 1380. The molecule has 8 heteroatoms. The molecule has 0 spiro atoms. The average molecular weight is 519 g/mol. The Labute approximate surface area is 222 Å². The predicted molar refractivity (Wildman–Crippen MR) is 144 cm³/mol. The van der Waals surface area contributed by atoms with Gasteiger partial charge < -0.3 is 23.9 Å². The van der Waals surface area contributed by atoms with Crippen LogP contribution in [0.1, 0.15) is 48.5 Å². The van der Waals surface area contributed by atoms with E-state index in [1.165, 1.54) is 7.11 Å². The summed E-state index contributed by atoms with van der Waals surface area (Å²) in [6, 6.07) is 14.2. The normalized spacial score (nSPS) is 19.0. The van der Waals surface area contributed by atoms with Crippen molar-refractivity contribution >= 4 is 22.7 Å². The molecule has 2 aliphatic rings. The molecule has 2 aromatic carbocycles.